The zero-order valence-corrected chi connectivity index (χ0v) is 17.0. The average molecular weight is 417 g/mol. The lowest BCUT2D eigenvalue weighted by Gasteiger charge is -2.13. The van der Waals surface area contributed by atoms with Crippen LogP contribution in [-0.4, -0.2) is 15.2 Å². The maximum atomic E-state index is 10.1. The van der Waals surface area contributed by atoms with E-state index in [4.69, 9.17) is 23.2 Å². The van der Waals surface area contributed by atoms with E-state index in [1.165, 1.54) is 32.0 Å². The molecule has 2 aromatic heterocycles. The minimum absolute atomic E-state index is 0.411. The molecule has 0 spiro atoms. The molecular weight excluding hydrogens is 399 g/mol. The molecular formula is C20H18Cl2N4S. The van der Waals surface area contributed by atoms with Gasteiger partial charge in [-0.05, 0) is 30.9 Å². The summed E-state index contributed by atoms with van der Waals surface area (Å²) in [7, 11) is 0. The van der Waals surface area contributed by atoms with Crippen LogP contribution in [0.4, 0.5) is 0 Å². The van der Waals surface area contributed by atoms with Gasteiger partial charge in [-0.15, -0.1) is 11.3 Å². The lowest BCUT2D eigenvalue weighted by atomic mass is 9.92. The fourth-order valence-corrected chi connectivity index (χ4v) is 5.70. The number of aromatic nitrogens is 3. The van der Waals surface area contributed by atoms with E-state index in [2.05, 4.69) is 21.3 Å². The molecule has 1 aliphatic rings. The van der Waals surface area contributed by atoms with Crippen molar-refractivity contribution < 1.29 is 0 Å². The summed E-state index contributed by atoms with van der Waals surface area (Å²) in [6.45, 7) is 0. The second-order valence-electron chi connectivity index (χ2n) is 6.80. The molecule has 1 N–H and O–H groups in total. The number of H-pyrrole nitrogens is 1. The third kappa shape index (κ3) is 3.62. The summed E-state index contributed by atoms with van der Waals surface area (Å²) in [5, 5.41) is 18.1. The Morgan fingerprint density at radius 1 is 1.15 bits per heavy atom. The van der Waals surface area contributed by atoms with Crippen molar-refractivity contribution in [3.05, 3.63) is 45.0 Å². The Morgan fingerprint density at radius 3 is 2.56 bits per heavy atom. The highest BCUT2D eigenvalue weighted by atomic mass is 35.5. The Morgan fingerprint density at radius 2 is 1.93 bits per heavy atom. The number of hydrogen-bond acceptors (Lipinski definition) is 4. The SMILES string of the molecule is N#Cc1c(C2CCCCCC2)sc(-c2ncn[nH]2)c1-c1ccc(Cl)cc1Cl. The van der Waals surface area contributed by atoms with Crippen LogP contribution in [-0.2, 0) is 0 Å². The normalized spacial score (nSPS) is 15.4. The first-order valence-electron chi connectivity index (χ1n) is 9.07. The highest BCUT2D eigenvalue weighted by molar-refractivity contribution is 7.16. The molecule has 138 valence electrons. The minimum atomic E-state index is 0.411. The van der Waals surface area contributed by atoms with Gasteiger partial charge in [0.25, 0.3) is 0 Å². The van der Waals surface area contributed by atoms with Crippen molar-refractivity contribution in [1.29, 1.82) is 5.26 Å². The summed E-state index contributed by atoms with van der Waals surface area (Å²) < 4.78 is 0. The van der Waals surface area contributed by atoms with Crippen molar-refractivity contribution >= 4 is 34.5 Å². The van der Waals surface area contributed by atoms with Crippen LogP contribution in [0.1, 0.15) is 54.9 Å². The van der Waals surface area contributed by atoms with Gasteiger partial charge in [-0.1, -0.05) is 55.0 Å². The van der Waals surface area contributed by atoms with Gasteiger partial charge in [-0.3, -0.25) is 5.10 Å². The number of hydrogen-bond donors (Lipinski definition) is 1. The predicted octanol–water partition coefficient (Wildman–Crippen LogP) is 6.82. The molecule has 1 fully saturated rings. The summed E-state index contributed by atoms with van der Waals surface area (Å²) in [6, 6.07) is 7.86. The van der Waals surface area contributed by atoms with Gasteiger partial charge in [0, 0.05) is 26.0 Å². The highest BCUT2D eigenvalue weighted by Crippen LogP contribution is 2.48. The first-order valence-corrected chi connectivity index (χ1v) is 10.6. The molecule has 1 aliphatic carbocycles. The lowest BCUT2D eigenvalue weighted by molar-refractivity contribution is 0.601. The number of nitrogens with one attached hydrogen (secondary N) is 1. The second kappa shape index (κ2) is 8.02. The third-order valence-corrected chi connectivity index (χ3v) is 7.01. The van der Waals surface area contributed by atoms with Crippen molar-refractivity contribution in [2.45, 2.75) is 44.4 Å². The molecule has 0 unspecified atom stereocenters. The molecule has 2 heterocycles. The molecule has 1 aromatic carbocycles. The fourth-order valence-electron chi connectivity index (χ4n) is 3.82. The molecule has 7 heteroatoms. The Hall–Kier alpha value is -1.87. The van der Waals surface area contributed by atoms with Gasteiger partial charge in [0.15, 0.2) is 5.82 Å². The smallest absolute Gasteiger partial charge is 0.166 e. The molecule has 1 saturated carbocycles. The number of nitriles is 1. The number of thiophene rings is 1. The van der Waals surface area contributed by atoms with Crippen LogP contribution in [0, 0.1) is 11.3 Å². The molecule has 27 heavy (non-hydrogen) atoms. The van der Waals surface area contributed by atoms with E-state index in [1.807, 2.05) is 6.07 Å². The van der Waals surface area contributed by atoms with Crippen molar-refractivity contribution in [1.82, 2.24) is 15.2 Å². The molecule has 4 nitrogen and oxygen atoms in total. The number of rotatable bonds is 3. The standard InChI is InChI=1S/C20H18Cl2N4S/c21-13-7-8-14(16(22)9-13)17-15(10-23)18(12-5-3-1-2-4-6-12)27-19(17)20-24-11-25-26-20/h7-9,11-12H,1-6H2,(H,24,25,26). The van der Waals surface area contributed by atoms with Crippen LogP contribution in [0.25, 0.3) is 21.8 Å². The van der Waals surface area contributed by atoms with Gasteiger partial charge < -0.3 is 0 Å². The van der Waals surface area contributed by atoms with Gasteiger partial charge in [0.1, 0.15) is 12.4 Å². The molecule has 3 aromatic rings. The van der Waals surface area contributed by atoms with E-state index >= 15 is 0 Å². The van der Waals surface area contributed by atoms with Gasteiger partial charge in [-0.2, -0.15) is 10.4 Å². The summed E-state index contributed by atoms with van der Waals surface area (Å²) >= 11 is 14.2. The molecule has 0 amide bonds. The molecule has 0 radical (unpaired) electrons. The van der Waals surface area contributed by atoms with E-state index in [1.54, 1.807) is 23.5 Å². The van der Waals surface area contributed by atoms with E-state index in [9.17, 15) is 5.26 Å². The van der Waals surface area contributed by atoms with Crippen molar-refractivity contribution in [2.75, 3.05) is 0 Å². The van der Waals surface area contributed by atoms with Crippen LogP contribution >= 0.6 is 34.5 Å². The van der Waals surface area contributed by atoms with E-state index in [-0.39, 0.29) is 0 Å². The van der Waals surface area contributed by atoms with E-state index < -0.39 is 0 Å². The van der Waals surface area contributed by atoms with Gasteiger partial charge >= 0.3 is 0 Å². The zero-order chi connectivity index (χ0) is 18.8. The van der Waals surface area contributed by atoms with Gasteiger partial charge in [-0.25, -0.2) is 4.98 Å². The largest absolute Gasteiger partial charge is 0.259 e. The average Bonchev–Trinajstić information content (AvgIpc) is 3.22. The number of nitrogens with zero attached hydrogens (tertiary/aromatic N) is 3. The molecule has 4 rings (SSSR count). The quantitative estimate of drug-likeness (QED) is 0.476. The van der Waals surface area contributed by atoms with Crippen LogP contribution in [0.5, 0.6) is 0 Å². The second-order valence-corrected chi connectivity index (χ2v) is 8.70. The number of benzene rings is 1. The van der Waals surface area contributed by atoms with Crippen LogP contribution in [0.15, 0.2) is 24.5 Å². The van der Waals surface area contributed by atoms with Crippen LogP contribution in [0.3, 0.4) is 0 Å². The van der Waals surface area contributed by atoms with Crippen LogP contribution in [0.2, 0.25) is 10.0 Å². The number of halogens is 2. The maximum Gasteiger partial charge on any atom is 0.166 e. The Balaban J connectivity index is 1.94. The molecule has 0 atom stereocenters. The van der Waals surface area contributed by atoms with Crippen molar-refractivity contribution in [3.8, 4) is 27.9 Å². The minimum Gasteiger partial charge on any atom is -0.259 e. The van der Waals surface area contributed by atoms with Crippen molar-refractivity contribution in [2.24, 2.45) is 0 Å². The first kappa shape index (κ1) is 18.5. The zero-order valence-electron chi connectivity index (χ0n) is 14.6. The molecule has 0 saturated heterocycles. The first-order chi connectivity index (χ1) is 13.2. The van der Waals surface area contributed by atoms with Crippen molar-refractivity contribution in [3.63, 3.8) is 0 Å². The Kier molecular flexibility index (Phi) is 5.49. The van der Waals surface area contributed by atoms with E-state index in [0.717, 1.165) is 33.7 Å². The molecule has 0 aliphatic heterocycles. The number of aromatic amines is 1. The Bertz CT molecular complexity index is 980. The monoisotopic (exact) mass is 416 g/mol. The van der Waals surface area contributed by atoms with Crippen LogP contribution < -0.4 is 0 Å². The predicted molar refractivity (Wildman–Crippen MR) is 110 cm³/mol. The van der Waals surface area contributed by atoms with Gasteiger partial charge in [0.05, 0.1) is 10.4 Å². The summed E-state index contributed by atoms with van der Waals surface area (Å²) in [6.07, 6.45) is 8.70. The topological polar surface area (TPSA) is 65.4 Å². The Labute approximate surface area is 172 Å². The van der Waals surface area contributed by atoms with E-state index in [0.29, 0.717) is 27.4 Å². The third-order valence-electron chi connectivity index (χ3n) is 5.10. The fraction of sp³-hybridized carbons (Fsp3) is 0.350. The van der Waals surface area contributed by atoms with Gasteiger partial charge in [0.2, 0.25) is 0 Å². The lowest BCUT2D eigenvalue weighted by Crippen LogP contribution is -1.97. The maximum absolute atomic E-state index is 10.1. The summed E-state index contributed by atoms with van der Waals surface area (Å²) in [5.41, 5.74) is 2.35. The highest BCUT2D eigenvalue weighted by Gasteiger charge is 2.28. The molecule has 0 bridgehead atoms. The summed E-state index contributed by atoms with van der Waals surface area (Å²) in [5.74, 6) is 1.08. The summed E-state index contributed by atoms with van der Waals surface area (Å²) in [4.78, 5) is 6.39.